The molecule has 27 heavy (non-hydrogen) atoms. The number of aryl methyl sites for hydroxylation is 1. The van der Waals surface area contributed by atoms with E-state index in [0.717, 1.165) is 24.8 Å². The summed E-state index contributed by atoms with van der Waals surface area (Å²) in [6.45, 7) is 6.70. The fourth-order valence-electron chi connectivity index (χ4n) is 2.89. The highest BCUT2D eigenvalue weighted by Gasteiger charge is 2.17. The van der Waals surface area contributed by atoms with Crippen LogP contribution in [0.25, 0.3) is 16.7 Å². The highest BCUT2D eigenvalue weighted by Crippen LogP contribution is 2.21. The van der Waals surface area contributed by atoms with E-state index in [1.54, 1.807) is 4.57 Å². The number of nitrogens with zero attached hydrogens (tertiary/aromatic N) is 4. The van der Waals surface area contributed by atoms with Gasteiger partial charge in [-0.2, -0.15) is 0 Å². The molecule has 2 aromatic heterocycles. The molecule has 0 aliphatic heterocycles. The van der Waals surface area contributed by atoms with Gasteiger partial charge in [-0.3, -0.25) is 18.6 Å². The SMILES string of the molecule is CCCCn1c(=O)c2ccccc2n2c(SCC(=O)N[C@H](C)CC)nnc12. The molecule has 1 atom stereocenters. The van der Waals surface area contributed by atoms with Gasteiger partial charge in [0.15, 0.2) is 5.16 Å². The van der Waals surface area contributed by atoms with Crippen LogP contribution in [-0.4, -0.2) is 36.9 Å². The van der Waals surface area contributed by atoms with Crippen molar-refractivity contribution in [3.8, 4) is 0 Å². The normalized spacial score (nSPS) is 12.6. The number of benzene rings is 1. The summed E-state index contributed by atoms with van der Waals surface area (Å²) in [5.41, 5.74) is 0.713. The van der Waals surface area contributed by atoms with Crippen molar-refractivity contribution in [3.05, 3.63) is 34.6 Å². The summed E-state index contributed by atoms with van der Waals surface area (Å²) in [7, 11) is 0. The van der Waals surface area contributed by atoms with Crippen molar-refractivity contribution in [1.82, 2.24) is 24.5 Å². The van der Waals surface area contributed by atoms with Crippen LogP contribution in [-0.2, 0) is 11.3 Å². The van der Waals surface area contributed by atoms with E-state index in [9.17, 15) is 9.59 Å². The fraction of sp³-hybridized carbons (Fsp3) is 0.474. The standard InChI is InChI=1S/C19H25N5O2S/c1-4-6-11-23-17(26)14-9-7-8-10-15(14)24-18(23)21-22-19(24)27-12-16(25)20-13(3)5-2/h7-10,13H,4-6,11-12H2,1-3H3,(H,20,25)/t13-/m1/s1. The first-order chi connectivity index (χ1) is 13.1. The number of fused-ring (bicyclic) bond motifs is 3. The smallest absolute Gasteiger partial charge is 0.262 e. The highest BCUT2D eigenvalue weighted by molar-refractivity contribution is 7.99. The van der Waals surface area contributed by atoms with Crippen LogP contribution in [0.1, 0.15) is 40.0 Å². The molecule has 3 rings (SSSR count). The molecule has 144 valence electrons. The van der Waals surface area contributed by atoms with Gasteiger partial charge >= 0.3 is 0 Å². The van der Waals surface area contributed by atoms with E-state index in [0.29, 0.717) is 22.9 Å². The predicted octanol–water partition coefficient (Wildman–Crippen LogP) is 2.85. The molecule has 0 bridgehead atoms. The van der Waals surface area contributed by atoms with E-state index >= 15 is 0 Å². The minimum atomic E-state index is -0.0509. The van der Waals surface area contributed by atoms with Gasteiger partial charge < -0.3 is 5.32 Å². The van der Waals surface area contributed by atoms with Crippen LogP contribution in [0.5, 0.6) is 0 Å². The molecule has 8 heteroatoms. The van der Waals surface area contributed by atoms with Gasteiger partial charge in [0.25, 0.3) is 5.56 Å². The van der Waals surface area contributed by atoms with Crippen molar-refractivity contribution >= 4 is 34.3 Å². The van der Waals surface area contributed by atoms with E-state index in [-0.39, 0.29) is 23.3 Å². The Hall–Kier alpha value is -2.35. The lowest BCUT2D eigenvalue weighted by molar-refractivity contribution is -0.119. The summed E-state index contributed by atoms with van der Waals surface area (Å²) >= 11 is 1.33. The summed E-state index contributed by atoms with van der Waals surface area (Å²) in [5.74, 6) is 0.750. The molecule has 0 unspecified atom stereocenters. The van der Waals surface area contributed by atoms with E-state index in [2.05, 4.69) is 22.4 Å². The van der Waals surface area contributed by atoms with Crippen LogP contribution in [0.15, 0.2) is 34.2 Å². The molecule has 2 heterocycles. The molecule has 1 N–H and O–H groups in total. The third kappa shape index (κ3) is 4.00. The number of rotatable bonds is 8. The van der Waals surface area contributed by atoms with E-state index in [1.165, 1.54) is 11.8 Å². The highest BCUT2D eigenvalue weighted by atomic mass is 32.2. The van der Waals surface area contributed by atoms with E-state index in [4.69, 9.17) is 0 Å². The third-order valence-corrected chi connectivity index (χ3v) is 5.49. The van der Waals surface area contributed by atoms with Crippen LogP contribution in [0.2, 0.25) is 0 Å². The van der Waals surface area contributed by atoms with Crippen LogP contribution in [0.3, 0.4) is 0 Å². The van der Waals surface area contributed by atoms with E-state index in [1.807, 2.05) is 42.5 Å². The van der Waals surface area contributed by atoms with Gasteiger partial charge in [-0.25, -0.2) is 0 Å². The number of para-hydroxylation sites is 1. The Morgan fingerprint density at radius 1 is 1.26 bits per heavy atom. The molecule has 7 nitrogen and oxygen atoms in total. The molecule has 3 aromatic rings. The average Bonchev–Trinajstić information content (AvgIpc) is 3.10. The number of unbranched alkanes of at least 4 members (excludes halogenated alkanes) is 1. The molecule has 0 spiro atoms. The molecule has 0 fully saturated rings. The van der Waals surface area contributed by atoms with Gasteiger partial charge in [0.2, 0.25) is 11.7 Å². The average molecular weight is 388 g/mol. The van der Waals surface area contributed by atoms with E-state index < -0.39 is 0 Å². The summed E-state index contributed by atoms with van der Waals surface area (Å²) in [5, 5.41) is 12.7. The van der Waals surface area contributed by atoms with Crippen LogP contribution in [0.4, 0.5) is 0 Å². The van der Waals surface area contributed by atoms with Crippen molar-refractivity contribution in [1.29, 1.82) is 0 Å². The minimum Gasteiger partial charge on any atom is -0.353 e. The zero-order chi connectivity index (χ0) is 19.4. The number of thioether (sulfide) groups is 1. The maximum atomic E-state index is 12.9. The molecule has 1 aromatic carbocycles. The fourth-order valence-corrected chi connectivity index (χ4v) is 3.64. The molecule has 0 aliphatic carbocycles. The topological polar surface area (TPSA) is 81.3 Å². The molecule has 1 amide bonds. The Kier molecular flexibility index (Phi) is 6.15. The number of carbonyl (C=O) groups excluding carboxylic acids is 1. The minimum absolute atomic E-state index is 0.0327. The summed E-state index contributed by atoms with van der Waals surface area (Å²) < 4.78 is 3.57. The lowest BCUT2D eigenvalue weighted by Crippen LogP contribution is -2.33. The molecule has 0 saturated heterocycles. The van der Waals surface area contributed by atoms with Gasteiger partial charge in [-0.15, -0.1) is 10.2 Å². The maximum absolute atomic E-state index is 12.9. The van der Waals surface area contributed by atoms with Gasteiger partial charge in [0, 0.05) is 12.6 Å². The van der Waals surface area contributed by atoms with Crippen LogP contribution < -0.4 is 10.9 Å². The quantitative estimate of drug-likeness (QED) is 0.601. The Morgan fingerprint density at radius 3 is 2.78 bits per heavy atom. The first kappa shape index (κ1) is 19.4. The number of amides is 1. The van der Waals surface area contributed by atoms with Gasteiger partial charge in [-0.05, 0) is 31.9 Å². The second-order valence-electron chi connectivity index (χ2n) is 6.61. The third-order valence-electron chi connectivity index (χ3n) is 4.57. The maximum Gasteiger partial charge on any atom is 0.262 e. The summed E-state index contributed by atoms with van der Waals surface area (Å²) in [6.07, 6.45) is 2.76. The Balaban J connectivity index is 2.01. The van der Waals surface area contributed by atoms with Crippen molar-refractivity contribution in [2.75, 3.05) is 5.75 Å². The molecule has 0 saturated carbocycles. The van der Waals surface area contributed by atoms with Crippen molar-refractivity contribution < 1.29 is 4.79 Å². The Morgan fingerprint density at radius 2 is 2.04 bits per heavy atom. The molecular weight excluding hydrogens is 362 g/mol. The van der Waals surface area contributed by atoms with Gasteiger partial charge in [-0.1, -0.05) is 44.2 Å². The van der Waals surface area contributed by atoms with Gasteiger partial charge in [0.1, 0.15) is 0 Å². The lowest BCUT2D eigenvalue weighted by Gasteiger charge is -2.12. The number of hydrogen-bond donors (Lipinski definition) is 1. The molecular formula is C19H25N5O2S. The van der Waals surface area contributed by atoms with Crippen LogP contribution in [0, 0.1) is 0 Å². The summed E-state index contributed by atoms with van der Waals surface area (Å²) in [4.78, 5) is 25.0. The van der Waals surface area contributed by atoms with Crippen molar-refractivity contribution in [2.24, 2.45) is 0 Å². The zero-order valence-electron chi connectivity index (χ0n) is 15.9. The molecule has 0 aliphatic rings. The monoisotopic (exact) mass is 387 g/mol. The number of carbonyl (C=O) groups is 1. The first-order valence-corrected chi connectivity index (χ1v) is 10.3. The van der Waals surface area contributed by atoms with Crippen molar-refractivity contribution in [3.63, 3.8) is 0 Å². The summed E-state index contributed by atoms with van der Waals surface area (Å²) in [6, 6.07) is 7.61. The van der Waals surface area contributed by atoms with Crippen molar-refractivity contribution in [2.45, 2.75) is 57.8 Å². The Labute approximate surface area is 162 Å². The number of nitrogens with one attached hydrogen (secondary N) is 1. The van der Waals surface area contributed by atoms with Gasteiger partial charge in [0.05, 0.1) is 16.7 Å². The molecule has 0 radical (unpaired) electrons. The Bertz CT molecular complexity index is 1010. The predicted molar refractivity (Wildman–Crippen MR) is 108 cm³/mol. The number of hydrogen-bond acceptors (Lipinski definition) is 5. The lowest BCUT2D eigenvalue weighted by atomic mass is 10.2. The largest absolute Gasteiger partial charge is 0.353 e. The second-order valence-corrected chi connectivity index (χ2v) is 7.55. The second kappa shape index (κ2) is 8.56. The zero-order valence-corrected chi connectivity index (χ0v) is 16.8. The number of aromatic nitrogens is 4. The first-order valence-electron chi connectivity index (χ1n) is 9.35. The van der Waals surface area contributed by atoms with Crippen LogP contribution >= 0.6 is 11.8 Å².